The number of thioether (sulfide) groups is 1. The maximum atomic E-state index is 12.5. The van der Waals surface area contributed by atoms with Crippen molar-refractivity contribution in [2.45, 2.75) is 16.9 Å². The molecule has 1 aromatic carbocycles. The molecule has 1 amide bonds. The summed E-state index contributed by atoms with van der Waals surface area (Å²) in [7, 11) is 0. The fourth-order valence-corrected chi connectivity index (χ4v) is 3.40. The zero-order chi connectivity index (χ0) is 18.7. The van der Waals surface area contributed by atoms with Gasteiger partial charge >= 0.3 is 5.51 Å². The fraction of sp³-hybridized carbons (Fsp3) is 0.294. The summed E-state index contributed by atoms with van der Waals surface area (Å²) >= 11 is -0.135. The number of fused-ring (bicyclic) bond motifs is 1. The number of nitrogens with one attached hydrogen (secondary N) is 1. The summed E-state index contributed by atoms with van der Waals surface area (Å²) in [5.74, 6) is 0.736. The van der Waals surface area contributed by atoms with Crippen LogP contribution >= 0.6 is 11.8 Å². The van der Waals surface area contributed by atoms with Crippen molar-refractivity contribution in [2.75, 3.05) is 18.0 Å². The van der Waals surface area contributed by atoms with E-state index in [0.717, 1.165) is 11.5 Å². The molecule has 26 heavy (non-hydrogen) atoms. The number of alkyl halides is 3. The molecule has 5 nitrogen and oxygen atoms in total. The minimum atomic E-state index is -4.31. The van der Waals surface area contributed by atoms with Gasteiger partial charge in [-0.1, -0.05) is 6.58 Å². The van der Waals surface area contributed by atoms with Crippen LogP contribution in [0.4, 0.5) is 24.7 Å². The SMILES string of the molecule is C=CC(=O)NCC1CN(c2ccc(SC(F)(F)F)cc2)c2ccnn2C1. The van der Waals surface area contributed by atoms with E-state index in [9.17, 15) is 18.0 Å². The van der Waals surface area contributed by atoms with Crippen molar-refractivity contribution in [3.05, 3.63) is 49.2 Å². The highest BCUT2D eigenvalue weighted by atomic mass is 32.2. The predicted octanol–water partition coefficient (Wildman–Crippen LogP) is 3.57. The third-order valence-electron chi connectivity index (χ3n) is 3.97. The van der Waals surface area contributed by atoms with Crippen LogP contribution in [0.5, 0.6) is 0 Å². The molecule has 1 unspecified atom stereocenters. The smallest absolute Gasteiger partial charge is 0.352 e. The third-order valence-corrected chi connectivity index (χ3v) is 4.71. The van der Waals surface area contributed by atoms with Crippen LogP contribution in [0, 0.1) is 5.92 Å². The minimum absolute atomic E-state index is 0.107. The van der Waals surface area contributed by atoms with E-state index in [1.807, 2.05) is 15.6 Å². The number of hydrogen-bond acceptors (Lipinski definition) is 4. The van der Waals surface area contributed by atoms with E-state index in [0.29, 0.717) is 19.6 Å². The Hall–Kier alpha value is -2.42. The van der Waals surface area contributed by atoms with E-state index in [-0.39, 0.29) is 28.5 Å². The van der Waals surface area contributed by atoms with Crippen molar-refractivity contribution < 1.29 is 18.0 Å². The van der Waals surface area contributed by atoms with E-state index < -0.39 is 5.51 Å². The number of benzene rings is 1. The van der Waals surface area contributed by atoms with Gasteiger partial charge in [-0.05, 0) is 42.1 Å². The van der Waals surface area contributed by atoms with Crippen molar-refractivity contribution >= 4 is 29.2 Å². The van der Waals surface area contributed by atoms with Crippen LogP contribution in [0.1, 0.15) is 0 Å². The molecule has 138 valence electrons. The molecule has 0 radical (unpaired) electrons. The zero-order valence-electron chi connectivity index (χ0n) is 13.7. The van der Waals surface area contributed by atoms with Crippen LogP contribution in [0.15, 0.2) is 54.1 Å². The molecule has 1 aliphatic heterocycles. The van der Waals surface area contributed by atoms with Crippen LogP contribution in [-0.4, -0.2) is 34.3 Å². The van der Waals surface area contributed by atoms with E-state index in [2.05, 4.69) is 17.0 Å². The van der Waals surface area contributed by atoms with E-state index in [1.165, 1.54) is 18.2 Å². The van der Waals surface area contributed by atoms with Gasteiger partial charge in [0.2, 0.25) is 5.91 Å². The standard InChI is InChI=1S/C17H17F3N4OS/c1-2-15(25)21-9-12-10-23(16-7-8-22-24(16)11-12)13-3-5-14(6-4-13)26-17(18,19)20/h2-8,12H,1,9-11H2,(H,21,25). The fourth-order valence-electron chi connectivity index (χ4n) is 2.86. The molecule has 1 aromatic heterocycles. The minimum Gasteiger partial charge on any atom is -0.352 e. The molecule has 0 fully saturated rings. The highest BCUT2D eigenvalue weighted by Gasteiger charge is 2.30. The van der Waals surface area contributed by atoms with Gasteiger partial charge in [0.05, 0.1) is 6.20 Å². The second kappa shape index (κ2) is 7.45. The van der Waals surface area contributed by atoms with Gasteiger partial charge in [-0.15, -0.1) is 0 Å². The van der Waals surface area contributed by atoms with Gasteiger partial charge in [-0.3, -0.25) is 4.79 Å². The van der Waals surface area contributed by atoms with E-state index in [1.54, 1.807) is 18.3 Å². The summed E-state index contributed by atoms with van der Waals surface area (Å²) in [5.41, 5.74) is -3.53. The van der Waals surface area contributed by atoms with Gasteiger partial charge in [-0.2, -0.15) is 18.3 Å². The zero-order valence-corrected chi connectivity index (χ0v) is 14.6. The average molecular weight is 382 g/mol. The van der Waals surface area contributed by atoms with Crippen molar-refractivity contribution in [3.63, 3.8) is 0 Å². The van der Waals surface area contributed by atoms with Crippen molar-refractivity contribution in [1.82, 2.24) is 15.1 Å². The van der Waals surface area contributed by atoms with Crippen LogP contribution in [-0.2, 0) is 11.3 Å². The second-order valence-electron chi connectivity index (χ2n) is 5.84. The molecular formula is C17H17F3N4OS. The van der Waals surface area contributed by atoms with Crippen LogP contribution in [0.25, 0.3) is 0 Å². The Morgan fingerprint density at radius 2 is 2.04 bits per heavy atom. The lowest BCUT2D eigenvalue weighted by atomic mass is 10.1. The summed E-state index contributed by atoms with van der Waals surface area (Å²) in [4.78, 5) is 13.5. The number of rotatable bonds is 5. The van der Waals surface area contributed by atoms with Gasteiger partial charge in [0.25, 0.3) is 0 Å². The number of hydrogen-bond donors (Lipinski definition) is 1. The van der Waals surface area contributed by atoms with Crippen molar-refractivity contribution in [2.24, 2.45) is 5.92 Å². The molecule has 0 saturated heterocycles. The molecule has 1 N–H and O–H groups in total. The van der Waals surface area contributed by atoms with Crippen LogP contribution in [0.2, 0.25) is 0 Å². The van der Waals surface area contributed by atoms with Gasteiger partial charge in [0.1, 0.15) is 5.82 Å². The first-order valence-electron chi connectivity index (χ1n) is 7.91. The summed E-state index contributed by atoms with van der Waals surface area (Å²) in [6.45, 7) is 5.16. The Labute approximate surface area is 152 Å². The molecule has 3 rings (SSSR count). The summed E-state index contributed by atoms with van der Waals surface area (Å²) in [5, 5.41) is 7.06. The molecule has 2 heterocycles. The average Bonchev–Trinajstić information content (AvgIpc) is 3.06. The number of anilines is 2. The van der Waals surface area contributed by atoms with E-state index in [4.69, 9.17) is 0 Å². The number of aromatic nitrogens is 2. The Morgan fingerprint density at radius 3 is 2.69 bits per heavy atom. The normalized spacial score (nSPS) is 16.9. The Kier molecular flexibility index (Phi) is 5.26. The van der Waals surface area contributed by atoms with Gasteiger partial charge < -0.3 is 10.2 Å². The maximum Gasteiger partial charge on any atom is 0.446 e. The first-order valence-corrected chi connectivity index (χ1v) is 8.73. The summed E-state index contributed by atoms with van der Waals surface area (Å²) < 4.78 is 39.3. The highest BCUT2D eigenvalue weighted by Crippen LogP contribution is 2.38. The van der Waals surface area contributed by atoms with E-state index >= 15 is 0 Å². The van der Waals surface area contributed by atoms with Gasteiger partial charge in [0.15, 0.2) is 0 Å². The van der Waals surface area contributed by atoms with Crippen LogP contribution in [0.3, 0.4) is 0 Å². The molecule has 9 heteroatoms. The molecule has 0 bridgehead atoms. The quantitative estimate of drug-likeness (QED) is 0.635. The predicted molar refractivity (Wildman–Crippen MR) is 94.3 cm³/mol. The molecule has 0 spiro atoms. The van der Waals surface area contributed by atoms with Crippen molar-refractivity contribution in [1.29, 1.82) is 0 Å². The lowest BCUT2D eigenvalue weighted by molar-refractivity contribution is -0.116. The number of carbonyl (C=O) groups excluding carboxylic acids is 1. The van der Waals surface area contributed by atoms with Crippen LogP contribution < -0.4 is 10.2 Å². The lowest BCUT2D eigenvalue weighted by Crippen LogP contribution is -2.41. The third kappa shape index (κ3) is 4.40. The number of nitrogens with zero attached hydrogens (tertiary/aromatic N) is 3. The Balaban J connectivity index is 1.77. The summed E-state index contributed by atoms with van der Waals surface area (Å²) in [6.07, 6.45) is 2.90. The first kappa shape index (κ1) is 18.4. The van der Waals surface area contributed by atoms with Gasteiger partial charge in [0, 0.05) is 42.2 Å². The molecular weight excluding hydrogens is 365 g/mol. The first-order chi connectivity index (χ1) is 12.4. The number of carbonyl (C=O) groups is 1. The second-order valence-corrected chi connectivity index (χ2v) is 6.98. The molecule has 0 aliphatic carbocycles. The largest absolute Gasteiger partial charge is 0.446 e. The van der Waals surface area contributed by atoms with Gasteiger partial charge in [-0.25, -0.2) is 4.68 Å². The molecule has 2 aromatic rings. The Morgan fingerprint density at radius 1 is 1.31 bits per heavy atom. The molecule has 1 atom stereocenters. The monoisotopic (exact) mass is 382 g/mol. The molecule has 0 saturated carbocycles. The van der Waals surface area contributed by atoms with Crippen molar-refractivity contribution in [3.8, 4) is 0 Å². The number of halogens is 3. The number of amides is 1. The lowest BCUT2D eigenvalue weighted by Gasteiger charge is -2.35. The highest BCUT2D eigenvalue weighted by molar-refractivity contribution is 8.00. The topological polar surface area (TPSA) is 50.2 Å². The maximum absolute atomic E-state index is 12.5. The molecule has 1 aliphatic rings. The summed E-state index contributed by atoms with van der Waals surface area (Å²) in [6, 6.07) is 8.09. The Bertz CT molecular complexity index is 788.